The van der Waals surface area contributed by atoms with Crippen LogP contribution in [-0.2, 0) is 6.54 Å². The molecule has 6 heteroatoms. The van der Waals surface area contributed by atoms with E-state index in [1.807, 2.05) is 0 Å². The van der Waals surface area contributed by atoms with Gasteiger partial charge in [0.25, 0.3) is 6.43 Å². The number of aldehydes is 1. The minimum atomic E-state index is -2.74. The molecule has 0 atom stereocenters. The number of hydrogen-bond acceptors (Lipinski definition) is 3. The van der Waals surface area contributed by atoms with Crippen LogP contribution in [0.25, 0.3) is 0 Å². The third-order valence-electron chi connectivity index (χ3n) is 1.71. The highest BCUT2D eigenvalue weighted by molar-refractivity contribution is 6.33. The number of carbonyl (C=O) groups excluding carboxylic acids is 1. The summed E-state index contributed by atoms with van der Waals surface area (Å²) in [6.45, 7) is -0.173. The lowest BCUT2D eigenvalue weighted by molar-refractivity contribution is 0.112. The summed E-state index contributed by atoms with van der Waals surface area (Å²) in [5.74, 6) is 0. The Labute approximate surface area is 83.9 Å². The molecule has 0 unspecified atom stereocenters. The number of rotatable bonds is 3. The number of halogens is 3. The van der Waals surface area contributed by atoms with Crippen LogP contribution in [0.4, 0.5) is 8.78 Å². The van der Waals surface area contributed by atoms with Gasteiger partial charge in [0.05, 0.1) is 10.6 Å². The average molecular weight is 221 g/mol. The van der Waals surface area contributed by atoms with Gasteiger partial charge >= 0.3 is 0 Å². The average Bonchev–Trinajstić information content (AvgIpc) is 2.17. The normalized spacial score (nSPS) is 10.6. The predicted octanol–water partition coefficient (Wildman–Crippen LogP) is 1.94. The number of alkyl halides is 2. The van der Waals surface area contributed by atoms with E-state index in [9.17, 15) is 13.6 Å². The van der Waals surface area contributed by atoms with E-state index in [1.54, 1.807) is 0 Å². The summed E-state index contributed by atoms with van der Waals surface area (Å²) in [6.07, 6.45) is -1.29. The topological polar surface area (TPSA) is 56.0 Å². The van der Waals surface area contributed by atoms with Crippen molar-refractivity contribution in [3.8, 4) is 0 Å². The fourth-order valence-electron chi connectivity index (χ4n) is 1.02. The molecule has 2 N–H and O–H groups in total. The van der Waals surface area contributed by atoms with Crippen LogP contribution in [0.15, 0.2) is 6.20 Å². The summed E-state index contributed by atoms with van der Waals surface area (Å²) in [7, 11) is 0. The molecule has 0 aromatic carbocycles. The third-order valence-corrected chi connectivity index (χ3v) is 2.15. The quantitative estimate of drug-likeness (QED) is 0.792. The summed E-state index contributed by atoms with van der Waals surface area (Å²) < 4.78 is 24.7. The Bertz CT molecular complexity index is 357. The van der Waals surface area contributed by atoms with E-state index in [0.717, 1.165) is 6.20 Å². The predicted molar refractivity (Wildman–Crippen MR) is 47.5 cm³/mol. The summed E-state index contributed by atoms with van der Waals surface area (Å²) in [5.41, 5.74) is 4.86. The smallest absolute Gasteiger partial charge is 0.280 e. The molecule has 0 bridgehead atoms. The van der Waals surface area contributed by atoms with Gasteiger partial charge in [-0.25, -0.2) is 8.78 Å². The number of carbonyl (C=O) groups is 1. The Balaban J connectivity index is 3.35. The molecule has 0 aliphatic heterocycles. The molecule has 0 aliphatic carbocycles. The molecule has 14 heavy (non-hydrogen) atoms. The van der Waals surface area contributed by atoms with Gasteiger partial charge in [-0.05, 0) is 0 Å². The van der Waals surface area contributed by atoms with Crippen molar-refractivity contribution in [1.29, 1.82) is 0 Å². The Kier molecular flexibility index (Phi) is 3.49. The van der Waals surface area contributed by atoms with Crippen LogP contribution in [0.5, 0.6) is 0 Å². The van der Waals surface area contributed by atoms with Crippen molar-refractivity contribution in [1.82, 2.24) is 4.98 Å². The fraction of sp³-hybridized carbons (Fsp3) is 0.250. The number of nitrogens with two attached hydrogens (primary N) is 1. The van der Waals surface area contributed by atoms with Crippen LogP contribution in [0.1, 0.15) is 28.0 Å². The Morgan fingerprint density at radius 2 is 2.29 bits per heavy atom. The van der Waals surface area contributed by atoms with E-state index in [-0.39, 0.29) is 22.7 Å². The molecule has 3 nitrogen and oxygen atoms in total. The number of aromatic nitrogens is 1. The Morgan fingerprint density at radius 3 is 2.71 bits per heavy atom. The lowest BCUT2D eigenvalue weighted by atomic mass is 10.1. The lowest BCUT2D eigenvalue weighted by Crippen LogP contribution is -2.07. The van der Waals surface area contributed by atoms with E-state index in [2.05, 4.69) is 4.98 Å². The first kappa shape index (κ1) is 11.0. The van der Waals surface area contributed by atoms with Crippen molar-refractivity contribution in [2.45, 2.75) is 13.0 Å². The Morgan fingerprint density at radius 1 is 1.64 bits per heavy atom. The van der Waals surface area contributed by atoms with Crippen molar-refractivity contribution in [2.75, 3.05) is 0 Å². The second-order valence-electron chi connectivity index (χ2n) is 2.51. The second kappa shape index (κ2) is 4.43. The van der Waals surface area contributed by atoms with Crippen molar-refractivity contribution in [3.63, 3.8) is 0 Å². The minimum absolute atomic E-state index is 0.0197. The lowest BCUT2D eigenvalue weighted by Gasteiger charge is -2.08. The summed E-state index contributed by atoms with van der Waals surface area (Å²) in [5, 5.41) is -0.0483. The van der Waals surface area contributed by atoms with Crippen LogP contribution in [0, 0.1) is 0 Å². The molecule has 0 fully saturated rings. The molecule has 0 aliphatic rings. The molecule has 0 saturated heterocycles. The summed E-state index contributed by atoms with van der Waals surface area (Å²) in [6, 6.07) is 0. The maximum Gasteiger partial charge on any atom is 0.280 e. The highest BCUT2D eigenvalue weighted by Crippen LogP contribution is 2.27. The Hall–Kier alpha value is -1.07. The van der Waals surface area contributed by atoms with Crippen LogP contribution in [0.3, 0.4) is 0 Å². The first-order valence-corrected chi connectivity index (χ1v) is 4.10. The van der Waals surface area contributed by atoms with Gasteiger partial charge in [-0.1, -0.05) is 11.6 Å². The fourth-order valence-corrected chi connectivity index (χ4v) is 1.29. The van der Waals surface area contributed by atoms with Crippen molar-refractivity contribution < 1.29 is 13.6 Å². The van der Waals surface area contributed by atoms with Crippen molar-refractivity contribution in [3.05, 3.63) is 28.0 Å². The SMILES string of the molecule is NCc1c(C(F)F)ncc(C=O)c1Cl. The zero-order valence-corrected chi connectivity index (χ0v) is 7.76. The standard InChI is InChI=1S/C8H7ClF2N2O/c9-6-4(3-14)2-13-7(8(10)11)5(6)1-12/h2-3,8H,1,12H2. The van der Waals surface area contributed by atoms with Gasteiger partial charge in [0.2, 0.25) is 0 Å². The maximum absolute atomic E-state index is 12.4. The van der Waals surface area contributed by atoms with E-state index < -0.39 is 12.1 Å². The summed E-state index contributed by atoms with van der Waals surface area (Å²) >= 11 is 5.67. The highest BCUT2D eigenvalue weighted by atomic mass is 35.5. The third kappa shape index (κ3) is 1.88. The van der Waals surface area contributed by atoms with Gasteiger partial charge in [0.1, 0.15) is 5.69 Å². The van der Waals surface area contributed by atoms with Crippen LogP contribution >= 0.6 is 11.6 Å². The van der Waals surface area contributed by atoms with Crippen LogP contribution in [0.2, 0.25) is 5.02 Å². The van der Waals surface area contributed by atoms with Crippen LogP contribution < -0.4 is 5.73 Å². The minimum Gasteiger partial charge on any atom is -0.326 e. The molecule has 0 saturated carbocycles. The van der Waals surface area contributed by atoms with Gasteiger partial charge in [-0.3, -0.25) is 9.78 Å². The summed E-state index contributed by atoms with van der Waals surface area (Å²) in [4.78, 5) is 13.9. The number of nitrogens with zero attached hydrogens (tertiary/aromatic N) is 1. The first-order chi connectivity index (χ1) is 6.61. The zero-order valence-electron chi connectivity index (χ0n) is 7.01. The molecule has 1 rings (SSSR count). The van der Waals surface area contributed by atoms with E-state index >= 15 is 0 Å². The van der Waals surface area contributed by atoms with Crippen LogP contribution in [-0.4, -0.2) is 11.3 Å². The highest BCUT2D eigenvalue weighted by Gasteiger charge is 2.18. The van der Waals surface area contributed by atoms with Gasteiger partial charge in [-0.2, -0.15) is 0 Å². The molecule has 76 valence electrons. The van der Waals surface area contributed by atoms with Crippen molar-refractivity contribution >= 4 is 17.9 Å². The zero-order chi connectivity index (χ0) is 10.7. The molecular formula is C8H7ClF2N2O. The van der Waals surface area contributed by atoms with E-state index in [1.165, 1.54) is 0 Å². The molecular weight excluding hydrogens is 214 g/mol. The van der Waals surface area contributed by atoms with Crippen molar-refractivity contribution in [2.24, 2.45) is 5.73 Å². The second-order valence-corrected chi connectivity index (χ2v) is 2.89. The van der Waals surface area contributed by atoms with E-state index in [0.29, 0.717) is 6.29 Å². The molecule has 0 amide bonds. The van der Waals surface area contributed by atoms with Gasteiger partial charge in [-0.15, -0.1) is 0 Å². The molecule has 1 heterocycles. The maximum atomic E-state index is 12.4. The van der Waals surface area contributed by atoms with Gasteiger partial charge in [0.15, 0.2) is 6.29 Å². The van der Waals surface area contributed by atoms with Gasteiger partial charge in [0, 0.05) is 18.3 Å². The molecule has 1 aromatic rings. The number of pyridine rings is 1. The molecule has 0 spiro atoms. The largest absolute Gasteiger partial charge is 0.326 e. The first-order valence-electron chi connectivity index (χ1n) is 3.72. The molecule has 1 aromatic heterocycles. The number of hydrogen-bond donors (Lipinski definition) is 1. The van der Waals surface area contributed by atoms with Gasteiger partial charge < -0.3 is 5.73 Å². The molecule has 0 radical (unpaired) electrons. The monoisotopic (exact) mass is 220 g/mol. The van der Waals surface area contributed by atoms with E-state index in [4.69, 9.17) is 17.3 Å².